The fourth-order valence-corrected chi connectivity index (χ4v) is 3.78. The quantitative estimate of drug-likeness (QED) is 0.0344. The molecule has 0 unspecified atom stereocenters. The Morgan fingerprint density at radius 3 is 1.34 bits per heavy atom. The molecule has 190 valence electrons. The second-order valence-electron chi connectivity index (χ2n) is 9.06. The molecule has 0 aliphatic carbocycles. The average molecular weight is 455 g/mol. The van der Waals surface area contributed by atoms with Crippen LogP contribution in [-0.2, 0) is 19.3 Å². The fraction of sp³-hybridized carbons (Fsp3) is 0.893. The zero-order valence-corrected chi connectivity index (χ0v) is 21.8. The van der Waals surface area contributed by atoms with E-state index in [1.165, 1.54) is 103 Å². The van der Waals surface area contributed by atoms with Crippen LogP contribution in [0.2, 0.25) is 0 Å². The zero-order chi connectivity index (χ0) is 23.5. The normalized spacial score (nSPS) is 11.7. The predicted molar refractivity (Wildman–Crippen MR) is 135 cm³/mol. The topological polar surface area (TPSA) is 44.8 Å². The molecule has 0 heterocycles. The third-order valence-corrected chi connectivity index (χ3v) is 5.92. The van der Waals surface area contributed by atoms with Gasteiger partial charge >= 0.3 is 5.97 Å². The Labute approximate surface area is 199 Å². The van der Waals surface area contributed by atoms with Crippen LogP contribution in [0.1, 0.15) is 149 Å². The number of allylic oxidation sites excluding steroid dienone is 1. The number of unbranched alkanes of at least 4 members (excludes halogenated alkanes) is 18. The van der Waals surface area contributed by atoms with Gasteiger partial charge < -0.3 is 9.62 Å². The van der Waals surface area contributed by atoms with Crippen LogP contribution < -0.4 is 0 Å². The smallest absolute Gasteiger partial charge is 0.377 e. The predicted octanol–water partition coefficient (Wildman–Crippen LogP) is 9.22. The molecule has 0 spiro atoms. The standard InChI is InChI=1S/C28H54O4/c1-4-7-9-11-13-15-17-19-21-23-25-30-28(29)27(6-3)32-31-26-24-22-20-18-16-14-12-10-8-5-2/h6H,4-5,7-26H2,1-3H3/b27-6-. The van der Waals surface area contributed by atoms with Gasteiger partial charge in [-0.1, -0.05) is 129 Å². The van der Waals surface area contributed by atoms with Gasteiger partial charge in [-0.25, -0.2) is 4.79 Å². The monoisotopic (exact) mass is 454 g/mol. The first-order valence-electron chi connectivity index (χ1n) is 13.9. The molecule has 0 N–H and O–H groups in total. The molecular formula is C28H54O4. The molecule has 0 rings (SSSR count). The largest absolute Gasteiger partial charge is 0.460 e. The van der Waals surface area contributed by atoms with Crippen molar-refractivity contribution in [3.63, 3.8) is 0 Å². The van der Waals surface area contributed by atoms with Gasteiger partial charge in [-0.3, -0.25) is 0 Å². The lowest BCUT2D eigenvalue weighted by Gasteiger charge is -2.09. The van der Waals surface area contributed by atoms with Gasteiger partial charge in [0.25, 0.3) is 0 Å². The molecule has 0 bridgehead atoms. The highest BCUT2D eigenvalue weighted by Crippen LogP contribution is 2.12. The van der Waals surface area contributed by atoms with Gasteiger partial charge in [0.1, 0.15) is 0 Å². The summed E-state index contributed by atoms with van der Waals surface area (Å²) in [5.74, 6) is -0.268. The lowest BCUT2D eigenvalue weighted by Crippen LogP contribution is -2.12. The summed E-state index contributed by atoms with van der Waals surface area (Å²) in [5, 5.41) is 0. The second-order valence-corrected chi connectivity index (χ2v) is 9.06. The minimum Gasteiger partial charge on any atom is -0.460 e. The maximum Gasteiger partial charge on any atom is 0.377 e. The molecule has 0 atom stereocenters. The number of hydrogen-bond donors (Lipinski definition) is 0. The van der Waals surface area contributed by atoms with Crippen molar-refractivity contribution in [1.29, 1.82) is 0 Å². The minimum absolute atomic E-state index is 0.157. The summed E-state index contributed by atoms with van der Waals surface area (Å²) < 4.78 is 5.31. The molecule has 0 amide bonds. The molecule has 4 heteroatoms. The van der Waals surface area contributed by atoms with Gasteiger partial charge in [0.15, 0.2) is 0 Å². The van der Waals surface area contributed by atoms with Crippen molar-refractivity contribution in [2.24, 2.45) is 0 Å². The fourth-order valence-electron chi connectivity index (χ4n) is 3.78. The van der Waals surface area contributed by atoms with Crippen LogP contribution in [0.5, 0.6) is 0 Å². The molecule has 4 nitrogen and oxygen atoms in total. The van der Waals surface area contributed by atoms with E-state index in [0.717, 1.165) is 25.7 Å². The van der Waals surface area contributed by atoms with Crippen molar-refractivity contribution in [3.05, 3.63) is 11.8 Å². The van der Waals surface area contributed by atoms with Gasteiger partial charge in [0, 0.05) is 0 Å². The summed E-state index contributed by atoms with van der Waals surface area (Å²) in [6, 6.07) is 0. The molecule has 0 saturated heterocycles. The number of rotatable bonds is 25. The van der Waals surface area contributed by atoms with Crippen LogP contribution in [0.25, 0.3) is 0 Å². The van der Waals surface area contributed by atoms with E-state index in [0.29, 0.717) is 13.2 Å². The van der Waals surface area contributed by atoms with E-state index in [1.807, 2.05) is 0 Å². The molecule has 0 aromatic heterocycles. The third-order valence-electron chi connectivity index (χ3n) is 5.92. The van der Waals surface area contributed by atoms with E-state index in [-0.39, 0.29) is 5.76 Å². The van der Waals surface area contributed by atoms with Crippen LogP contribution >= 0.6 is 0 Å². The lowest BCUT2D eigenvalue weighted by atomic mass is 10.1. The van der Waals surface area contributed by atoms with Crippen LogP contribution in [0, 0.1) is 0 Å². The van der Waals surface area contributed by atoms with E-state index in [4.69, 9.17) is 14.5 Å². The number of carbonyl (C=O) groups is 1. The van der Waals surface area contributed by atoms with Crippen LogP contribution in [-0.4, -0.2) is 19.2 Å². The van der Waals surface area contributed by atoms with Gasteiger partial charge in [-0.2, -0.15) is 4.89 Å². The Morgan fingerprint density at radius 2 is 0.938 bits per heavy atom. The summed E-state index contributed by atoms with van der Waals surface area (Å²) in [7, 11) is 0. The minimum atomic E-state index is -0.425. The first-order chi connectivity index (χ1) is 15.8. The SMILES string of the molecule is C/C=C(\OOCCCCCCCCCCCC)C(=O)OCCCCCCCCCCCC. The van der Waals surface area contributed by atoms with Crippen molar-refractivity contribution in [3.8, 4) is 0 Å². The van der Waals surface area contributed by atoms with Crippen LogP contribution in [0.4, 0.5) is 0 Å². The number of ether oxygens (including phenoxy) is 1. The van der Waals surface area contributed by atoms with Crippen LogP contribution in [0.3, 0.4) is 0 Å². The molecule has 0 aliphatic heterocycles. The first kappa shape index (κ1) is 31.0. The van der Waals surface area contributed by atoms with Gasteiger partial charge in [0.05, 0.1) is 13.2 Å². The summed E-state index contributed by atoms with van der Waals surface area (Å²) in [6.45, 7) is 7.24. The number of esters is 1. The van der Waals surface area contributed by atoms with Crippen molar-refractivity contribution < 1.29 is 19.3 Å². The number of carbonyl (C=O) groups excluding carboxylic acids is 1. The van der Waals surface area contributed by atoms with Crippen molar-refractivity contribution >= 4 is 5.97 Å². The molecule has 0 aromatic rings. The molecule has 0 radical (unpaired) electrons. The average Bonchev–Trinajstić information content (AvgIpc) is 2.80. The summed E-state index contributed by atoms with van der Waals surface area (Å²) >= 11 is 0. The van der Waals surface area contributed by atoms with E-state index < -0.39 is 5.97 Å². The van der Waals surface area contributed by atoms with Crippen LogP contribution in [0.15, 0.2) is 11.8 Å². The molecule has 0 fully saturated rings. The third kappa shape index (κ3) is 22.2. The van der Waals surface area contributed by atoms with Gasteiger partial charge in [-0.15, -0.1) is 0 Å². The number of hydrogen-bond acceptors (Lipinski definition) is 4. The van der Waals surface area contributed by atoms with E-state index >= 15 is 0 Å². The van der Waals surface area contributed by atoms with E-state index in [1.54, 1.807) is 13.0 Å². The van der Waals surface area contributed by atoms with E-state index in [2.05, 4.69) is 13.8 Å². The summed E-state index contributed by atoms with van der Waals surface area (Å²) in [4.78, 5) is 22.5. The zero-order valence-electron chi connectivity index (χ0n) is 21.8. The molecule has 0 aliphatic rings. The summed E-state index contributed by atoms with van der Waals surface area (Å²) in [5.41, 5.74) is 0. The van der Waals surface area contributed by atoms with Crippen molar-refractivity contribution in [2.75, 3.05) is 13.2 Å². The van der Waals surface area contributed by atoms with Gasteiger partial charge in [0.2, 0.25) is 5.76 Å². The van der Waals surface area contributed by atoms with E-state index in [9.17, 15) is 4.79 Å². The Bertz CT molecular complexity index is 420. The highest BCUT2D eigenvalue weighted by atomic mass is 17.2. The van der Waals surface area contributed by atoms with Gasteiger partial charge in [-0.05, 0) is 25.8 Å². The summed E-state index contributed by atoms with van der Waals surface area (Å²) in [6.07, 6.45) is 27.1. The maximum absolute atomic E-state index is 12.1. The van der Waals surface area contributed by atoms with Crippen molar-refractivity contribution in [1.82, 2.24) is 0 Å². The Morgan fingerprint density at radius 1 is 0.562 bits per heavy atom. The first-order valence-corrected chi connectivity index (χ1v) is 13.9. The Kier molecular flexibility index (Phi) is 25.4. The highest BCUT2D eigenvalue weighted by molar-refractivity contribution is 5.85. The molecule has 32 heavy (non-hydrogen) atoms. The molecule has 0 aromatic carbocycles. The second kappa shape index (κ2) is 26.2. The lowest BCUT2D eigenvalue weighted by molar-refractivity contribution is -0.264. The molecule has 0 saturated carbocycles. The van der Waals surface area contributed by atoms with Crippen molar-refractivity contribution in [2.45, 2.75) is 149 Å². The highest BCUT2D eigenvalue weighted by Gasteiger charge is 2.13. The Hall–Kier alpha value is -1.03. The Balaban J connectivity index is 3.47. The maximum atomic E-state index is 12.1. The molecular weight excluding hydrogens is 400 g/mol.